The van der Waals surface area contributed by atoms with Gasteiger partial charge >= 0.3 is 6.09 Å². The highest BCUT2D eigenvalue weighted by molar-refractivity contribution is 6.12. The fourth-order valence-electron chi connectivity index (χ4n) is 3.73. The van der Waals surface area contributed by atoms with E-state index in [1.54, 1.807) is 0 Å². The summed E-state index contributed by atoms with van der Waals surface area (Å²) in [5, 5.41) is 20.7. The number of benzene rings is 2. The fraction of sp³-hybridized carbons (Fsp3) is 0.316. The smallest absolute Gasteiger partial charge is 0.416 e. The molecule has 0 spiro atoms. The molecule has 0 atom stereocenters. The van der Waals surface area contributed by atoms with Gasteiger partial charge < -0.3 is 15.1 Å². The Labute approximate surface area is 145 Å². The van der Waals surface area contributed by atoms with Gasteiger partial charge in [0.05, 0.1) is 17.6 Å². The Balaban J connectivity index is 1.74. The highest BCUT2D eigenvalue weighted by atomic mass is 16.4. The molecule has 1 aromatic heterocycles. The van der Waals surface area contributed by atoms with E-state index in [1.165, 1.54) is 4.57 Å². The molecule has 1 saturated heterocycles. The number of aliphatic hydroxyl groups is 1. The molecule has 25 heavy (non-hydrogen) atoms. The number of nitrogens with zero attached hydrogens (tertiary/aromatic N) is 3. The topological polar surface area (TPSA) is 68.9 Å². The molecule has 1 aliphatic rings. The van der Waals surface area contributed by atoms with Crippen LogP contribution in [0.2, 0.25) is 0 Å². The lowest BCUT2D eigenvalue weighted by molar-refractivity contribution is 0.189. The van der Waals surface area contributed by atoms with Crippen molar-refractivity contribution in [1.82, 2.24) is 9.47 Å². The van der Waals surface area contributed by atoms with E-state index in [-0.39, 0.29) is 6.61 Å². The van der Waals surface area contributed by atoms with E-state index in [4.69, 9.17) is 5.11 Å². The summed E-state index contributed by atoms with van der Waals surface area (Å²) >= 11 is 0. The van der Waals surface area contributed by atoms with Gasteiger partial charge in [-0.15, -0.1) is 0 Å². The molecule has 6 nitrogen and oxygen atoms in total. The van der Waals surface area contributed by atoms with Crippen LogP contribution < -0.4 is 4.90 Å². The zero-order chi connectivity index (χ0) is 17.4. The Bertz CT molecular complexity index is 926. The van der Waals surface area contributed by atoms with Crippen molar-refractivity contribution in [2.24, 2.45) is 0 Å². The van der Waals surface area contributed by atoms with Crippen LogP contribution in [0.3, 0.4) is 0 Å². The highest BCUT2D eigenvalue weighted by Crippen LogP contribution is 2.32. The first kappa shape index (κ1) is 15.9. The summed E-state index contributed by atoms with van der Waals surface area (Å²) < 4.78 is 1.37. The SMILES string of the molecule is O=C(O)n1c2ccccc2c2ccc(N3CCN(CCO)CC3)cc21. The third kappa shape index (κ3) is 2.73. The van der Waals surface area contributed by atoms with Crippen molar-refractivity contribution < 1.29 is 15.0 Å². The Hall–Kier alpha value is -2.57. The summed E-state index contributed by atoms with van der Waals surface area (Å²) in [6, 6.07) is 13.7. The molecule has 2 heterocycles. The van der Waals surface area contributed by atoms with Gasteiger partial charge in [-0.1, -0.05) is 24.3 Å². The van der Waals surface area contributed by atoms with E-state index < -0.39 is 6.09 Å². The number of carbonyl (C=O) groups is 1. The van der Waals surface area contributed by atoms with Crippen LogP contribution >= 0.6 is 0 Å². The normalized spacial score (nSPS) is 16.0. The van der Waals surface area contributed by atoms with Gasteiger partial charge in [-0.05, 0) is 18.2 Å². The van der Waals surface area contributed by atoms with Gasteiger partial charge in [0, 0.05) is 49.2 Å². The maximum absolute atomic E-state index is 11.8. The van der Waals surface area contributed by atoms with E-state index in [0.29, 0.717) is 6.54 Å². The predicted octanol–water partition coefficient (Wildman–Crippen LogP) is 2.43. The monoisotopic (exact) mass is 339 g/mol. The van der Waals surface area contributed by atoms with Crippen molar-refractivity contribution in [3.63, 3.8) is 0 Å². The molecule has 1 fully saturated rings. The summed E-state index contributed by atoms with van der Waals surface area (Å²) in [6.45, 7) is 4.45. The number of hydrogen-bond donors (Lipinski definition) is 2. The molecule has 3 aromatic rings. The van der Waals surface area contributed by atoms with Crippen molar-refractivity contribution in [3.05, 3.63) is 42.5 Å². The number of piperazine rings is 1. The summed E-state index contributed by atoms with van der Waals surface area (Å²) in [7, 11) is 0. The summed E-state index contributed by atoms with van der Waals surface area (Å²) in [6.07, 6.45) is -0.962. The molecule has 0 unspecified atom stereocenters. The highest BCUT2D eigenvalue weighted by Gasteiger charge is 2.19. The first-order valence-electron chi connectivity index (χ1n) is 8.53. The van der Waals surface area contributed by atoms with Crippen LogP contribution in [0.15, 0.2) is 42.5 Å². The average Bonchev–Trinajstić information content (AvgIpc) is 2.96. The lowest BCUT2D eigenvalue weighted by atomic mass is 10.1. The van der Waals surface area contributed by atoms with Crippen molar-refractivity contribution in [2.45, 2.75) is 0 Å². The maximum Gasteiger partial charge on any atom is 0.416 e. The van der Waals surface area contributed by atoms with Crippen LogP contribution in [-0.2, 0) is 0 Å². The zero-order valence-corrected chi connectivity index (χ0v) is 13.9. The number of hydrogen-bond acceptors (Lipinski definition) is 4. The third-order valence-corrected chi connectivity index (χ3v) is 5.00. The number of rotatable bonds is 3. The molecule has 6 heteroatoms. The van der Waals surface area contributed by atoms with Crippen LogP contribution in [0, 0.1) is 0 Å². The minimum Gasteiger partial charge on any atom is -0.464 e. The molecule has 1 aliphatic heterocycles. The van der Waals surface area contributed by atoms with E-state index in [2.05, 4.69) is 15.9 Å². The molecule has 2 N–H and O–H groups in total. The first-order valence-corrected chi connectivity index (χ1v) is 8.53. The molecule has 0 aliphatic carbocycles. The largest absolute Gasteiger partial charge is 0.464 e. The number of anilines is 1. The summed E-state index contributed by atoms with van der Waals surface area (Å²) in [5.74, 6) is 0. The Morgan fingerprint density at radius 1 is 0.960 bits per heavy atom. The van der Waals surface area contributed by atoms with Gasteiger partial charge in [-0.25, -0.2) is 9.36 Å². The number of aliphatic hydroxyl groups excluding tert-OH is 1. The molecule has 0 amide bonds. The Morgan fingerprint density at radius 3 is 2.40 bits per heavy atom. The van der Waals surface area contributed by atoms with Gasteiger partial charge in [0.1, 0.15) is 0 Å². The number of fused-ring (bicyclic) bond motifs is 3. The van der Waals surface area contributed by atoms with E-state index in [9.17, 15) is 9.90 Å². The van der Waals surface area contributed by atoms with E-state index in [0.717, 1.165) is 53.7 Å². The van der Waals surface area contributed by atoms with Crippen molar-refractivity contribution in [3.8, 4) is 0 Å². The van der Waals surface area contributed by atoms with E-state index in [1.807, 2.05) is 36.4 Å². The van der Waals surface area contributed by atoms with Gasteiger partial charge in [0.2, 0.25) is 0 Å². The summed E-state index contributed by atoms with van der Waals surface area (Å²) in [5.41, 5.74) is 2.49. The molecular weight excluding hydrogens is 318 g/mol. The second kappa shape index (κ2) is 6.38. The lowest BCUT2D eigenvalue weighted by Crippen LogP contribution is -2.47. The number of carboxylic acid groups (broad SMARTS) is 1. The minimum absolute atomic E-state index is 0.185. The molecule has 0 radical (unpaired) electrons. The summed E-state index contributed by atoms with van der Waals surface area (Å²) in [4.78, 5) is 16.3. The van der Waals surface area contributed by atoms with Crippen molar-refractivity contribution in [1.29, 1.82) is 0 Å². The van der Waals surface area contributed by atoms with Gasteiger partial charge in [-0.2, -0.15) is 0 Å². The molecule has 0 saturated carbocycles. The molecule has 130 valence electrons. The quantitative estimate of drug-likeness (QED) is 0.767. The fourth-order valence-corrected chi connectivity index (χ4v) is 3.73. The molecule has 2 aromatic carbocycles. The molecular formula is C19H21N3O3. The van der Waals surface area contributed by atoms with E-state index >= 15 is 0 Å². The number of aromatic nitrogens is 1. The van der Waals surface area contributed by atoms with Crippen molar-refractivity contribution in [2.75, 3.05) is 44.2 Å². The first-order chi connectivity index (χ1) is 12.2. The van der Waals surface area contributed by atoms with Crippen LogP contribution in [-0.4, -0.2) is 65.1 Å². The van der Waals surface area contributed by atoms with Crippen LogP contribution in [0.25, 0.3) is 21.8 Å². The van der Waals surface area contributed by atoms with Crippen LogP contribution in [0.1, 0.15) is 0 Å². The van der Waals surface area contributed by atoms with Crippen molar-refractivity contribution >= 4 is 33.6 Å². The van der Waals surface area contributed by atoms with Crippen LogP contribution in [0.4, 0.5) is 10.5 Å². The zero-order valence-electron chi connectivity index (χ0n) is 13.9. The minimum atomic E-state index is -0.962. The third-order valence-electron chi connectivity index (χ3n) is 5.00. The number of para-hydroxylation sites is 1. The predicted molar refractivity (Wildman–Crippen MR) is 98.6 cm³/mol. The van der Waals surface area contributed by atoms with Gasteiger partial charge in [0.25, 0.3) is 0 Å². The van der Waals surface area contributed by atoms with Gasteiger partial charge in [-0.3, -0.25) is 4.90 Å². The number of β-amino-alcohol motifs (C(OH)–C–C–N with tert-alkyl or cyclic N) is 1. The molecule has 0 bridgehead atoms. The standard InChI is InChI=1S/C19H21N3O3/c23-12-11-20-7-9-21(10-8-20)14-5-6-16-15-3-1-2-4-17(15)22(19(24)25)18(16)13-14/h1-6,13,23H,7-12H2,(H,24,25). The van der Waals surface area contributed by atoms with Gasteiger partial charge in [0.15, 0.2) is 0 Å². The second-order valence-corrected chi connectivity index (χ2v) is 6.39. The lowest BCUT2D eigenvalue weighted by Gasteiger charge is -2.35. The average molecular weight is 339 g/mol. The van der Waals surface area contributed by atoms with Crippen LogP contribution in [0.5, 0.6) is 0 Å². The molecule has 4 rings (SSSR count). The maximum atomic E-state index is 11.8. The Kier molecular flexibility index (Phi) is 4.07. The second-order valence-electron chi connectivity index (χ2n) is 6.39. The Morgan fingerprint density at radius 2 is 1.68 bits per heavy atom.